The van der Waals surface area contributed by atoms with Crippen LogP contribution in [0.2, 0.25) is 0 Å². The number of nitrogens with one attached hydrogen (secondary N) is 1. The fourth-order valence-corrected chi connectivity index (χ4v) is 1.98. The van der Waals surface area contributed by atoms with Crippen molar-refractivity contribution in [3.05, 3.63) is 47.4 Å². The van der Waals surface area contributed by atoms with E-state index in [0.29, 0.717) is 5.56 Å². The van der Waals surface area contributed by atoms with Crippen LogP contribution in [0.5, 0.6) is 0 Å². The predicted octanol–water partition coefficient (Wildman–Crippen LogP) is 2.40. The van der Waals surface area contributed by atoms with Crippen molar-refractivity contribution in [2.75, 3.05) is 11.9 Å². The van der Waals surface area contributed by atoms with Crippen molar-refractivity contribution in [2.24, 2.45) is 5.73 Å². The van der Waals surface area contributed by atoms with Gasteiger partial charge in [0.15, 0.2) is 0 Å². The predicted molar refractivity (Wildman–Crippen MR) is 81.7 cm³/mol. The minimum atomic E-state index is 0.0633. The van der Waals surface area contributed by atoms with E-state index in [9.17, 15) is 0 Å². The van der Waals surface area contributed by atoms with Gasteiger partial charge in [-0.2, -0.15) is 0 Å². The highest BCUT2D eigenvalue weighted by Crippen LogP contribution is 2.23. The van der Waals surface area contributed by atoms with E-state index in [0.717, 1.165) is 29.4 Å². The van der Waals surface area contributed by atoms with Crippen molar-refractivity contribution in [1.82, 2.24) is 9.97 Å². The number of amidine groups is 1. The number of nitrogens with two attached hydrogens (primary N) is 1. The highest BCUT2D eigenvalue weighted by molar-refractivity contribution is 5.96. The highest BCUT2D eigenvalue weighted by atomic mass is 15.2. The maximum Gasteiger partial charge on any atom is 0.136 e. The monoisotopic (exact) mass is 269 g/mol. The molecule has 0 saturated carbocycles. The second kappa shape index (κ2) is 5.69. The quantitative estimate of drug-likeness (QED) is 0.660. The molecule has 1 heterocycles. The van der Waals surface area contributed by atoms with Gasteiger partial charge in [-0.15, -0.1) is 0 Å². The molecule has 0 fully saturated rings. The third kappa shape index (κ3) is 2.93. The smallest absolute Gasteiger partial charge is 0.136 e. The summed E-state index contributed by atoms with van der Waals surface area (Å²) in [6, 6.07) is 9.54. The number of hydrogen-bond donors (Lipinski definition) is 2. The average Bonchev–Trinajstić information content (AvgIpc) is 2.45. The minimum Gasteiger partial charge on any atom is -0.384 e. The van der Waals surface area contributed by atoms with Crippen molar-refractivity contribution in [2.45, 2.75) is 20.3 Å². The molecule has 0 aliphatic heterocycles. The van der Waals surface area contributed by atoms with E-state index in [-0.39, 0.29) is 5.84 Å². The summed E-state index contributed by atoms with van der Waals surface area (Å²) < 4.78 is 0. The summed E-state index contributed by atoms with van der Waals surface area (Å²) in [7, 11) is 1.94. The molecule has 0 bridgehead atoms. The molecule has 0 aliphatic rings. The number of nitrogen functional groups attached to an aromatic ring is 1. The molecule has 2 rings (SSSR count). The van der Waals surface area contributed by atoms with Crippen LogP contribution >= 0.6 is 0 Å². The number of nitrogens with zero attached hydrogens (tertiary/aromatic N) is 3. The zero-order valence-corrected chi connectivity index (χ0v) is 12.0. The second-order valence-corrected chi connectivity index (χ2v) is 4.64. The fourth-order valence-electron chi connectivity index (χ4n) is 1.98. The van der Waals surface area contributed by atoms with E-state index in [1.165, 1.54) is 0 Å². The first-order valence-corrected chi connectivity index (χ1v) is 6.54. The van der Waals surface area contributed by atoms with Gasteiger partial charge in [0, 0.05) is 30.1 Å². The Kier molecular flexibility index (Phi) is 3.98. The summed E-state index contributed by atoms with van der Waals surface area (Å²) in [6.07, 6.45) is 0.873. The Morgan fingerprint density at radius 2 is 2.05 bits per heavy atom. The van der Waals surface area contributed by atoms with Crippen molar-refractivity contribution in [3.8, 4) is 0 Å². The molecule has 0 radical (unpaired) electrons. The molecule has 3 N–H and O–H groups in total. The van der Waals surface area contributed by atoms with Crippen molar-refractivity contribution < 1.29 is 0 Å². The number of hydrogen-bond acceptors (Lipinski definition) is 4. The first-order chi connectivity index (χ1) is 9.51. The normalized spacial score (nSPS) is 10.3. The van der Waals surface area contributed by atoms with E-state index in [4.69, 9.17) is 11.1 Å². The SMILES string of the molecule is CCc1cc(N(C)c2cccc(C(=N)N)c2)nc(C)n1. The van der Waals surface area contributed by atoms with E-state index >= 15 is 0 Å². The Morgan fingerprint density at radius 3 is 2.70 bits per heavy atom. The Morgan fingerprint density at radius 1 is 1.30 bits per heavy atom. The minimum absolute atomic E-state index is 0.0633. The lowest BCUT2D eigenvalue weighted by molar-refractivity contribution is 0.934. The molecule has 0 aliphatic carbocycles. The molecule has 0 spiro atoms. The van der Waals surface area contributed by atoms with E-state index in [1.807, 2.05) is 49.2 Å². The zero-order chi connectivity index (χ0) is 14.7. The van der Waals surface area contributed by atoms with Crippen LogP contribution in [0.25, 0.3) is 0 Å². The Bertz CT molecular complexity index is 636. The lowest BCUT2D eigenvalue weighted by atomic mass is 10.1. The summed E-state index contributed by atoms with van der Waals surface area (Å²) in [5.41, 5.74) is 8.19. The van der Waals surface area contributed by atoms with Gasteiger partial charge < -0.3 is 10.6 Å². The van der Waals surface area contributed by atoms with E-state index in [2.05, 4.69) is 16.9 Å². The van der Waals surface area contributed by atoms with E-state index < -0.39 is 0 Å². The first-order valence-electron chi connectivity index (χ1n) is 6.54. The lowest BCUT2D eigenvalue weighted by Gasteiger charge is -2.20. The summed E-state index contributed by atoms with van der Waals surface area (Å²) in [4.78, 5) is 10.8. The van der Waals surface area contributed by atoms with Crippen LogP contribution in [0.4, 0.5) is 11.5 Å². The standard InChI is InChI=1S/C15H19N5/c1-4-12-9-14(19-10(2)18-12)20(3)13-7-5-6-11(8-13)15(16)17/h5-9H,4H2,1-3H3,(H3,16,17). The molecule has 2 aromatic rings. The molecular weight excluding hydrogens is 250 g/mol. The zero-order valence-electron chi connectivity index (χ0n) is 12.0. The van der Waals surface area contributed by atoms with Gasteiger partial charge in [0.25, 0.3) is 0 Å². The van der Waals surface area contributed by atoms with Gasteiger partial charge in [-0.3, -0.25) is 5.41 Å². The van der Waals surface area contributed by atoms with Crippen LogP contribution in [-0.4, -0.2) is 22.9 Å². The van der Waals surface area contributed by atoms with Crippen molar-refractivity contribution in [3.63, 3.8) is 0 Å². The molecule has 0 saturated heterocycles. The second-order valence-electron chi connectivity index (χ2n) is 4.64. The lowest BCUT2D eigenvalue weighted by Crippen LogP contribution is -2.15. The Labute approximate surface area is 119 Å². The van der Waals surface area contributed by atoms with Crippen LogP contribution in [-0.2, 0) is 6.42 Å². The number of benzene rings is 1. The number of aromatic nitrogens is 2. The topological polar surface area (TPSA) is 78.9 Å². The third-order valence-electron chi connectivity index (χ3n) is 3.13. The average molecular weight is 269 g/mol. The van der Waals surface area contributed by atoms with Crippen LogP contribution < -0.4 is 10.6 Å². The molecular formula is C15H19N5. The number of rotatable bonds is 4. The van der Waals surface area contributed by atoms with Gasteiger partial charge in [0.05, 0.1) is 0 Å². The first kappa shape index (κ1) is 14.0. The van der Waals surface area contributed by atoms with Crippen LogP contribution in [0.1, 0.15) is 24.0 Å². The summed E-state index contributed by atoms with van der Waals surface area (Å²) in [5.74, 6) is 1.66. The molecule has 0 atom stereocenters. The van der Waals surface area contributed by atoms with Gasteiger partial charge in [-0.05, 0) is 25.5 Å². The Balaban J connectivity index is 2.40. The van der Waals surface area contributed by atoms with Crippen LogP contribution in [0, 0.1) is 12.3 Å². The molecule has 0 unspecified atom stereocenters. The van der Waals surface area contributed by atoms with Gasteiger partial charge in [-0.1, -0.05) is 19.1 Å². The summed E-state index contributed by atoms with van der Waals surface area (Å²) in [6.45, 7) is 3.96. The van der Waals surface area contributed by atoms with Gasteiger partial charge in [0.1, 0.15) is 17.5 Å². The molecule has 5 heteroatoms. The van der Waals surface area contributed by atoms with Crippen LogP contribution in [0.15, 0.2) is 30.3 Å². The molecule has 0 amide bonds. The molecule has 5 nitrogen and oxygen atoms in total. The molecule has 20 heavy (non-hydrogen) atoms. The van der Waals surface area contributed by atoms with Gasteiger partial charge in [0.2, 0.25) is 0 Å². The summed E-state index contributed by atoms with van der Waals surface area (Å²) >= 11 is 0. The number of aryl methyl sites for hydroxylation is 2. The van der Waals surface area contributed by atoms with Crippen molar-refractivity contribution in [1.29, 1.82) is 5.41 Å². The van der Waals surface area contributed by atoms with Gasteiger partial charge >= 0.3 is 0 Å². The third-order valence-corrected chi connectivity index (χ3v) is 3.13. The van der Waals surface area contributed by atoms with Gasteiger partial charge in [-0.25, -0.2) is 9.97 Å². The fraction of sp³-hybridized carbons (Fsp3) is 0.267. The largest absolute Gasteiger partial charge is 0.384 e. The molecule has 1 aromatic heterocycles. The molecule has 1 aromatic carbocycles. The van der Waals surface area contributed by atoms with E-state index in [1.54, 1.807) is 0 Å². The maximum atomic E-state index is 7.51. The Hall–Kier alpha value is -2.43. The van der Waals surface area contributed by atoms with Crippen molar-refractivity contribution >= 4 is 17.3 Å². The summed E-state index contributed by atoms with van der Waals surface area (Å²) in [5, 5.41) is 7.51. The highest BCUT2D eigenvalue weighted by Gasteiger charge is 2.09. The molecule has 104 valence electrons. The maximum absolute atomic E-state index is 7.51. The number of anilines is 2. The van der Waals surface area contributed by atoms with Crippen LogP contribution in [0.3, 0.4) is 0 Å².